The average Bonchev–Trinajstić information content (AvgIpc) is 2.91. The van der Waals surface area contributed by atoms with Gasteiger partial charge in [-0.05, 0) is 38.2 Å². The van der Waals surface area contributed by atoms with Crippen molar-refractivity contribution in [3.8, 4) is 0 Å². The summed E-state index contributed by atoms with van der Waals surface area (Å²) in [4.78, 5) is 6.93. The number of aliphatic imine (C=N–C) groups is 1. The van der Waals surface area contributed by atoms with Gasteiger partial charge in [0, 0.05) is 39.9 Å². The van der Waals surface area contributed by atoms with Gasteiger partial charge in [0.1, 0.15) is 0 Å². The van der Waals surface area contributed by atoms with E-state index in [9.17, 15) is 0 Å². The zero-order chi connectivity index (χ0) is 16.2. The van der Waals surface area contributed by atoms with Crippen LogP contribution < -0.4 is 5.32 Å². The van der Waals surface area contributed by atoms with Gasteiger partial charge in [-0.1, -0.05) is 12.5 Å². The molecule has 132 valence electrons. The van der Waals surface area contributed by atoms with E-state index in [-0.39, 0.29) is 24.0 Å². The number of guanidine groups is 1. The Balaban J connectivity index is 0.00000484. The molecule has 0 unspecified atom stereocenters. The Labute approximate surface area is 158 Å². The van der Waals surface area contributed by atoms with Crippen molar-refractivity contribution in [1.29, 1.82) is 0 Å². The third kappa shape index (κ3) is 9.63. The van der Waals surface area contributed by atoms with Crippen LogP contribution >= 0.6 is 24.0 Å². The quantitative estimate of drug-likeness (QED) is 0.203. The van der Waals surface area contributed by atoms with E-state index >= 15 is 0 Å². The minimum Gasteiger partial charge on any atom is -0.357 e. The van der Waals surface area contributed by atoms with Crippen molar-refractivity contribution in [3.05, 3.63) is 30.6 Å². The van der Waals surface area contributed by atoms with Gasteiger partial charge >= 0.3 is 0 Å². The number of rotatable bonds is 10. The van der Waals surface area contributed by atoms with Gasteiger partial charge in [-0.2, -0.15) is 5.10 Å². The minimum atomic E-state index is 0. The maximum atomic E-state index is 4.71. The van der Waals surface area contributed by atoms with Crippen LogP contribution in [-0.4, -0.2) is 47.3 Å². The Hall–Kier alpha value is -1.05. The lowest BCUT2D eigenvalue weighted by Crippen LogP contribution is -2.39. The average molecular weight is 433 g/mol. The van der Waals surface area contributed by atoms with Crippen molar-refractivity contribution in [2.24, 2.45) is 12.0 Å². The Morgan fingerprint density at radius 3 is 2.83 bits per heavy atom. The number of aryl methyl sites for hydroxylation is 1. The van der Waals surface area contributed by atoms with E-state index in [0.29, 0.717) is 0 Å². The van der Waals surface area contributed by atoms with E-state index in [1.165, 1.54) is 24.8 Å². The summed E-state index contributed by atoms with van der Waals surface area (Å²) >= 11 is 0. The van der Waals surface area contributed by atoms with Crippen molar-refractivity contribution in [2.45, 2.75) is 39.0 Å². The lowest BCUT2D eigenvalue weighted by atomic mass is 10.2. The number of nitrogens with one attached hydrogen (secondary N) is 1. The van der Waals surface area contributed by atoms with Crippen LogP contribution in [0.25, 0.3) is 0 Å². The highest BCUT2D eigenvalue weighted by atomic mass is 127. The van der Waals surface area contributed by atoms with Gasteiger partial charge in [-0.15, -0.1) is 30.6 Å². The third-order valence-electron chi connectivity index (χ3n) is 3.52. The molecule has 0 atom stereocenters. The molecule has 1 aromatic rings. The van der Waals surface area contributed by atoms with Crippen molar-refractivity contribution in [1.82, 2.24) is 20.0 Å². The molecule has 0 aliphatic rings. The molecule has 1 heterocycles. The summed E-state index contributed by atoms with van der Waals surface area (Å²) in [7, 11) is 4.05. The molecular formula is C17H32IN5. The summed E-state index contributed by atoms with van der Waals surface area (Å²) in [5.74, 6) is 0.995. The fourth-order valence-corrected chi connectivity index (χ4v) is 2.28. The Bertz CT molecular complexity index is 456. The van der Waals surface area contributed by atoms with Crippen LogP contribution in [0.4, 0.5) is 0 Å². The van der Waals surface area contributed by atoms with Crippen LogP contribution in [0.2, 0.25) is 0 Å². The fraction of sp³-hybridized carbons (Fsp3) is 0.647. The molecule has 0 amide bonds. The van der Waals surface area contributed by atoms with E-state index in [4.69, 9.17) is 4.99 Å². The van der Waals surface area contributed by atoms with Gasteiger partial charge in [0.25, 0.3) is 0 Å². The SMILES string of the molecule is C=CCCCCCN(C)C(=NCCc1cnn(C)c1)NCC.I. The first-order valence-corrected chi connectivity index (χ1v) is 8.25. The second kappa shape index (κ2) is 13.4. The molecule has 1 aromatic heterocycles. The highest BCUT2D eigenvalue weighted by molar-refractivity contribution is 14.0. The first-order chi connectivity index (χ1) is 10.7. The molecule has 0 bridgehead atoms. The molecule has 0 aliphatic heterocycles. The molecule has 6 heteroatoms. The number of hydrogen-bond acceptors (Lipinski definition) is 2. The highest BCUT2D eigenvalue weighted by Crippen LogP contribution is 2.02. The molecule has 23 heavy (non-hydrogen) atoms. The fourth-order valence-electron chi connectivity index (χ4n) is 2.28. The number of allylic oxidation sites excluding steroid dienone is 1. The maximum absolute atomic E-state index is 4.71. The summed E-state index contributed by atoms with van der Waals surface area (Å²) in [6.45, 7) is 8.59. The lowest BCUT2D eigenvalue weighted by Gasteiger charge is -2.22. The van der Waals surface area contributed by atoms with Crippen LogP contribution in [0.1, 0.15) is 38.2 Å². The first-order valence-electron chi connectivity index (χ1n) is 8.25. The zero-order valence-corrected chi connectivity index (χ0v) is 17.1. The van der Waals surface area contributed by atoms with Gasteiger partial charge in [0.05, 0.1) is 6.20 Å². The van der Waals surface area contributed by atoms with Gasteiger partial charge in [0.15, 0.2) is 5.96 Å². The predicted octanol–water partition coefficient (Wildman–Crippen LogP) is 3.22. The third-order valence-corrected chi connectivity index (χ3v) is 3.52. The van der Waals surface area contributed by atoms with E-state index in [1.807, 2.05) is 30.2 Å². The first kappa shape index (κ1) is 21.9. The number of unbranched alkanes of at least 4 members (excludes halogenated alkanes) is 3. The molecule has 0 aliphatic carbocycles. The molecule has 1 rings (SSSR count). The van der Waals surface area contributed by atoms with Crippen molar-refractivity contribution in [2.75, 3.05) is 26.7 Å². The number of nitrogens with zero attached hydrogens (tertiary/aromatic N) is 4. The Kier molecular flexibility index (Phi) is 12.8. The monoisotopic (exact) mass is 433 g/mol. The molecule has 0 radical (unpaired) electrons. The van der Waals surface area contributed by atoms with Crippen LogP contribution in [0.3, 0.4) is 0 Å². The topological polar surface area (TPSA) is 45.5 Å². The van der Waals surface area contributed by atoms with E-state index in [1.54, 1.807) is 0 Å². The minimum absolute atomic E-state index is 0. The smallest absolute Gasteiger partial charge is 0.193 e. The van der Waals surface area contributed by atoms with Gasteiger partial charge in [-0.25, -0.2) is 0 Å². The molecule has 0 aromatic carbocycles. The summed E-state index contributed by atoms with van der Waals surface area (Å²) in [6.07, 6.45) is 11.7. The standard InChI is InChI=1S/C17H31N5.HI/c1-5-7-8-9-10-13-21(3)17(18-6-2)19-12-11-16-14-20-22(4)15-16;/h5,14-15H,1,6-13H2,2-4H3,(H,18,19);1H. The number of halogens is 1. The summed E-state index contributed by atoms with van der Waals surface area (Å²) < 4.78 is 1.83. The van der Waals surface area contributed by atoms with E-state index in [2.05, 4.69) is 35.9 Å². The van der Waals surface area contributed by atoms with Crippen LogP contribution in [0.5, 0.6) is 0 Å². The molecule has 0 saturated heterocycles. The van der Waals surface area contributed by atoms with Crippen LogP contribution in [0.15, 0.2) is 30.0 Å². The summed E-state index contributed by atoms with van der Waals surface area (Å²) in [5, 5.41) is 7.55. The molecule has 1 N–H and O–H groups in total. The van der Waals surface area contributed by atoms with Crippen LogP contribution in [-0.2, 0) is 13.5 Å². The predicted molar refractivity (Wildman–Crippen MR) is 110 cm³/mol. The molecule has 0 fully saturated rings. The van der Waals surface area contributed by atoms with Gasteiger partial charge in [0.2, 0.25) is 0 Å². The van der Waals surface area contributed by atoms with Crippen LogP contribution in [0, 0.1) is 0 Å². The van der Waals surface area contributed by atoms with Crippen molar-refractivity contribution in [3.63, 3.8) is 0 Å². The molecule has 5 nitrogen and oxygen atoms in total. The molecular weight excluding hydrogens is 401 g/mol. The lowest BCUT2D eigenvalue weighted by molar-refractivity contribution is 0.455. The Morgan fingerprint density at radius 1 is 1.43 bits per heavy atom. The largest absolute Gasteiger partial charge is 0.357 e. The normalized spacial score (nSPS) is 11.0. The van der Waals surface area contributed by atoms with E-state index < -0.39 is 0 Å². The Morgan fingerprint density at radius 2 is 2.22 bits per heavy atom. The van der Waals surface area contributed by atoms with E-state index in [0.717, 1.165) is 38.4 Å². The summed E-state index contributed by atoms with van der Waals surface area (Å²) in [5.41, 5.74) is 1.23. The highest BCUT2D eigenvalue weighted by Gasteiger charge is 2.05. The maximum Gasteiger partial charge on any atom is 0.193 e. The summed E-state index contributed by atoms with van der Waals surface area (Å²) in [6, 6.07) is 0. The van der Waals surface area contributed by atoms with Crippen molar-refractivity contribution >= 4 is 29.9 Å². The number of aromatic nitrogens is 2. The second-order valence-electron chi connectivity index (χ2n) is 5.57. The van der Waals surface area contributed by atoms with Gasteiger partial charge in [-0.3, -0.25) is 9.67 Å². The molecule has 0 spiro atoms. The number of hydrogen-bond donors (Lipinski definition) is 1. The van der Waals surface area contributed by atoms with Gasteiger partial charge < -0.3 is 10.2 Å². The zero-order valence-electron chi connectivity index (χ0n) is 14.8. The molecule has 0 saturated carbocycles. The van der Waals surface area contributed by atoms with Crippen molar-refractivity contribution < 1.29 is 0 Å². The second-order valence-corrected chi connectivity index (χ2v) is 5.57.